The van der Waals surface area contributed by atoms with Crippen LogP contribution in [0.15, 0.2) is 52.3 Å². The number of hydrogen-bond donors (Lipinski definition) is 2. The quantitative estimate of drug-likeness (QED) is 0.286. The van der Waals surface area contributed by atoms with Gasteiger partial charge >= 0.3 is 0 Å². The summed E-state index contributed by atoms with van der Waals surface area (Å²) in [5.74, 6) is 2.15. The van der Waals surface area contributed by atoms with Gasteiger partial charge < -0.3 is 15.5 Å². The molecular weight excluding hydrogens is 553 g/mol. The summed E-state index contributed by atoms with van der Waals surface area (Å²) in [5.41, 5.74) is 1.97. The molecule has 3 saturated carbocycles. The molecule has 7 nitrogen and oxygen atoms in total. The average molecular weight is 595 g/mol. The van der Waals surface area contributed by atoms with Crippen molar-refractivity contribution in [2.24, 2.45) is 28.2 Å². The number of aliphatic imine (C=N–C) groups is 1. The Morgan fingerprint density at radius 2 is 1.95 bits per heavy atom. The van der Waals surface area contributed by atoms with Crippen molar-refractivity contribution in [1.29, 1.82) is 0 Å². The molecule has 7 rings (SSSR count). The van der Waals surface area contributed by atoms with Crippen LogP contribution < -0.4 is 16.2 Å². The van der Waals surface area contributed by atoms with Gasteiger partial charge in [0, 0.05) is 31.9 Å². The first kappa shape index (κ1) is 29.7. The molecule has 1 aromatic heterocycles. The maximum atomic E-state index is 14.1. The SMILES string of the molecule is C[C@@H]1C(N=C(Nc2ccc3c(=O)n(CCc4ccc(F)cc4)c(CF)nc3c2)N2CCN[C@@H](CF)C2)C[C@@H]2C[C@H]1C2(C)C. The number of aromatic nitrogens is 2. The highest BCUT2D eigenvalue weighted by atomic mass is 19.1. The van der Waals surface area contributed by atoms with Gasteiger partial charge in [-0.25, -0.2) is 23.1 Å². The van der Waals surface area contributed by atoms with Gasteiger partial charge in [0.1, 0.15) is 25.0 Å². The van der Waals surface area contributed by atoms with Crippen molar-refractivity contribution in [3.8, 4) is 0 Å². The third kappa shape index (κ3) is 5.78. The number of nitrogens with one attached hydrogen (secondary N) is 2. The number of aryl methyl sites for hydroxylation is 1. The van der Waals surface area contributed by atoms with Crippen LogP contribution >= 0.6 is 0 Å². The van der Waals surface area contributed by atoms with Crippen molar-refractivity contribution < 1.29 is 13.2 Å². The number of hydrogen-bond acceptors (Lipinski definition) is 4. The number of benzene rings is 2. The second-order valence-corrected chi connectivity index (χ2v) is 13.1. The summed E-state index contributed by atoms with van der Waals surface area (Å²) in [6, 6.07) is 11.3. The van der Waals surface area contributed by atoms with Crippen molar-refractivity contribution in [3.05, 3.63) is 70.0 Å². The number of anilines is 1. The number of fused-ring (bicyclic) bond motifs is 3. The lowest BCUT2D eigenvalue weighted by Crippen LogP contribution is -2.58. The lowest BCUT2D eigenvalue weighted by Gasteiger charge is -2.61. The molecule has 2 N–H and O–H groups in total. The number of rotatable bonds is 7. The van der Waals surface area contributed by atoms with E-state index in [0.29, 0.717) is 71.8 Å². The van der Waals surface area contributed by atoms with E-state index < -0.39 is 13.3 Å². The van der Waals surface area contributed by atoms with Crippen molar-refractivity contribution in [1.82, 2.24) is 19.8 Å². The molecule has 1 aliphatic heterocycles. The van der Waals surface area contributed by atoms with E-state index in [1.165, 1.54) is 23.1 Å². The van der Waals surface area contributed by atoms with Gasteiger partial charge in [0.15, 0.2) is 5.96 Å². The average Bonchev–Trinajstić information content (AvgIpc) is 3.01. The monoisotopic (exact) mass is 594 g/mol. The topological polar surface area (TPSA) is 74.5 Å². The summed E-state index contributed by atoms with van der Waals surface area (Å²) in [7, 11) is 0. The van der Waals surface area contributed by atoms with Gasteiger partial charge in [0.25, 0.3) is 5.56 Å². The molecule has 1 unspecified atom stereocenters. The fraction of sp³-hybridized carbons (Fsp3) is 0.545. The molecule has 3 aromatic rings. The molecule has 0 radical (unpaired) electrons. The summed E-state index contributed by atoms with van der Waals surface area (Å²) in [6.07, 6.45) is 2.74. The van der Waals surface area contributed by atoms with Gasteiger partial charge in [-0.05, 0) is 78.3 Å². The highest BCUT2D eigenvalue weighted by Crippen LogP contribution is 2.61. The molecule has 4 fully saturated rings. The van der Waals surface area contributed by atoms with Crippen molar-refractivity contribution >= 4 is 22.5 Å². The van der Waals surface area contributed by atoms with Crippen LogP contribution in [-0.4, -0.2) is 58.8 Å². The largest absolute Gasteiger partial charge is 0.340 e. The van der Waals surface area contributed by atoms with E-state index in [-0.39, 0.29) is 35.8 Å². The summed E-state index contributed by atoms with van der Waals surface area (Å²) < 4.78 is 42.4. The molecule has 0 spiro atoms. The standard InChI is InChI=1S/C33H41F3N6O/c1-20-27-14-22(33(27,2)3)15-28(20)40-32(41-13-11-37-25(17-34)19-41)38-24-8-9-26-29(16-24)39-30(18-35)42(31(26)43)12-10-21-4-6-23(36)7-5-21/h4-9,16,20,22,25,27-28,37H,10-15,17-19H2,1-3H3,(H,38,40)/t20-,22-,25-,27+,28?/m0/s1. The highest BCUT2D eigenvalue weighted by molar-refractivity contribution is 5.96. The van der Waals surface area contributed by atoms with Crippen LogP contribution in [0.5, 0.6) is 0 Å². The minimum atomic E-state index is -0.886. The molecular formula is C33H41F3N6O. The summed E-state index contributed by atoms with van der Waals surface area (Å²) >= 11 is 0. The van der Waals surface area contributed by atoms with E-state index >= 15 is 0 Å². The normalized spacial score (nSPS) is 26.8. The van der Waals surface area contributed by atoms with Gasteiger partial charge in [-0.15, -0.1) is 0 Å². The molecule has 2 heterocycles. The molecule has 4 aliphatic rings. The van der Waals surface area contributed by atoms with E-state index in [4.69, 9.17) is 4.99 Å². The molecule has 5 atom stereocenters. The minimum Gasteiger partial charge on any atom is -0.340 e. The van der Waals surface area contributed by atoms with Crippen molar-refractivity contribution in [2.45, 2.75) is 65.3 Å². The smallest absolute Gasteiger partial charge is 0.261 e. The molecule has 0 amide bonds. The molecule has 3 aliphatic carbocycles. The Kier molecular flexibility index (Phi) is 8.24. The molecule has 10 heteroatoms. The number of guanidine groups is 1. The second-order valence-electron chi connectivity index (χ2n) is 13.1. The predicted octanol–water partition coefficient (Wildman–Crippen LogP) is 5.33. The predicted molar refractivity (Wildman–Crippen MR) is 164 cm³/mol. The zero-order valence-corrected chi connectivity index (χ0v) is 25.1. The first-order valence-corrected chi connectivity index (χ1v) is 15.4. The Morgan fingerprint density at radius 3 is 2.65 bits per heavy atom. The van der Waals surface area contributed by atoms with Crippen LogP contribution in [0.2, 0.25) is 0 Å². The van der Waals surface area contributed by atoms with E-state index in [0.717, 1.165) is 12.0 Å². The maximum absolute atomic E-state index is 14.1. The van der Waals surface area contributed by atoms with Gasteiger partial charge in [0.05, 0.1) is 23.0 Å². The molecule has 2 bridgehead atoms. The first-order valence-electron chi connectivity index (χ1n) is 15.4. The van der Waals surface area contributed by atoms with E-state index in [1.54, 1.807) is 24.3 Å². The van der Waals surface area contributed by atoms with Crippen LogP contribution in [0.3, 0.4) is 0 Å². The summed E-state index contributed by atoms with van der Waals surface area (Å²) in [4.78, 5) is 25.3. The fourth-order valence-electron chi connectivity index (χ4n) is 7.46. The van der Waals surface area contributed by atoms with Gasteiger partial charge in [0.2, 0.25) is 0 Å². The lowest BCUT2D eigenvalue weighted by molar-refractivity contribution is -0.108. The Labute approximate surface area is 250 Å². The third-order valence-corrected chi connectivity index (χ3v) is 10.3. The third-order valence-electron chi connectivity index (χ3n) is 10.3. The van der Waals surface area contributed by atoms with E-state index in [9.17, 15) is 18.0 Å². The number of nitrogens with zero attached hydrogens (tertiary/aromatic N) is 4. The van der Waals surface area contributed by atoms with Crippen LogP contribution in [-0.2, 0) is 19.6 Å². The number of halogens is 3. The van der Waals surface area contributed by atoms with E-state index in [1.807, 2.05) is 6.07 Å². The molecule has 43 heavy (non-hydrogen) atoms. The molecule has 2 aromatic carbocycles. The molecule has 1 saturated heterocycles. The minimum absolute atomic E-state index is 0.0522. The summed E-state index contributed by atoms with van der Waals surface area (Å²) in [6.45, 7) is 7.78. The second kappa shape index (κ2) is 11.9. The Hall–Kier alpha value is -3.40. The first-order chi connectivity index (χ1) is 20.7. The number of alkyl halides is 2. The Bertz CT molecular complexity index is 1550. The summed E-state index contributed by atoms with van der Waals surface area (Å²) in [5, 5.41) is 7.10. The maximum Gasteiger partial charge on any atom is 0.261 e. The fourth-order valence-corrected chi connectivity index (χ4v) is 7.46. The van der Waals surface area contributed by atoms with Crippen molar-refractivity contribution in [3.63, 3.8) is 0 Å². The molecule has 230 valence electrons. The van der Waals surface area contributed by atoms with Crippen LogP contribution in [0.1, 0.15) is 45.0 Å². The Morgan fingerprint density at radius 1 is 1.16 bits per heavy atom. The zero-order chi connectivity index (χ0) is 30.3. The van der Waals surface area contributed by atoms with E-state index in [2.05, 4.69) is 41.3 Å². The van der Waals surface area contributed by atoms with Gasteiger partial charge in [-0.1, -0.05) is 32.9 Å². The zero-order valence-electron chi connectivity index (χ0n) is 25.1. The van der Waals surface area contributed by atoms with Crippen LogP contribution in [0, 0.1) is 29.0 Å². The van der Waals surface area contributed by atoms with Crippen LogP contribution in [0.25, 0.3) is 10.9 Å². The van der Waals surface area contributed by atoms with Gasteiger partial charge in [-0.3, -0.25) is 9.36 Å². The van der Waals surface area contributed by atoms with Crippen molar-refractivity contribution in [2.75, 3.05) is 31.6 Å². The Balaban J connectivity index is 1.28. The highest BCUT2D eigenvalue weighted by Gasteiger charge is 2.56. The number of piperazine rings is 1. The lowest BCUT2D eigenvalue weighted by atomic mass is 9.45. The van der Waals surface area contributed by atoms with Crippen LogP contribution in [0.4, 0.5) is 18.9 Å². The van der Waals surface area contributed by atoms with Gasteiger partial charge in [-0.2, -0.15) is 0 Å².